The molecule has 4 rings (SSSR count). The summed E-state index contributed by atoms with van der Waals surface area (Å²) in [4.78, 5) is 25.9. The molecule has 3 aromatic rings. The predicted octanol–water partition coefficient (Wildman–Crippen LogP) is 1.92. The lowest BCUT2D eigenvalue weighted by Gasteiger charge is -2.38. The molecule has 1 N–H and O–H groups in total. The molecular weight excluding hydrogens is 410 g/mol. The van der Waals surface area contributed by atoms with Gasteiger partial charge in [-0.2, -0.15) is 0 Å². The number of para-hydroxylation sites is 1. The molecule has 2 amide bonds. The molecule has 0 saturated carbocycles. The van der Waals surface area contributed by atoms with Gasteiger partial charge in [-0.1, -0.05) is 23.4 Å². The first-order valence-corrected chi connectivity index (χ1v) is 10.5. The van der Waals surface area contributed by atoms with E-state index < -0.39 is 0 Å². The van der Waals surface area contributed by atoms with Gasteiger partial charge in [0.15, 0.2) is 6.61 Å². The lowest BCUT2D eigenvalue weighted by molar-refractivity contribution is -0.138. The minimum absolute atomic E-state index is 0.0571. The van der Waals surface area contributed by atoms with Gasteiger partial charge in [-0.3, -0.25) is 9.59 Å². The van der Waals surface area contributed by atoms with Gasteiger partial charge in [0.05, 0.1) is 25.4 Å². The van der Waals surface area contributed by atoms with Crippen LogP contribution in [0, 0.1) is 0 Å². The molecule has 1 aliphatic rings. The van der Waals surface area contributed by atoms with Gasteiger partial charge in [-0.25, -0.2) is 4.68 Å². The van der Waals surface area contributed by atoms with Crippen LogP contribution >= 0.6 is 0 Å². The fourth-order valence-electron chi connectivity index (χ4n) is 3.30. The van der Waals surface area contributed by atoms with E-state index in [-0.39, 0.29) is 31.0 Å². The summed E-state index contributed by atoms with van der Waals surface area (Å²) in [6.07, 6.45) is 1.88. The summed E-state index contributed by atoms with van der Waals surface area (Å²) in [5, 5.41) is 11.0. The second-order valence-electron chi connectivity index (χ2n) is 7.37. The smallest absolute Gasteiger partial charge is 0.258 e. The highest BCUT2D eigenvalue weighted by atomic mass is 16.5. The first kappa shape index (κ1) is 21.4. The Labute approximate surface area is 185 Å². The molecule has 2 aromatic carbocycles. The van der Waals surface area contributed by atoms with Gasteiger partial charge < -0.3 is 19.7 Å². The molecule has 0 spiro atoms. The minimum atomic E-state index is -0.337. The third-order valence-corrected chi connectivity index (χ3v) is 5.11. The Hall–Kier alpha value is -3.88. The van der Waals surface area contributed by atoms with E-state index in [0.29, 0.717) is 25.4 Å². The molecule has 1 fully saturated rings. The molecule has 32 heavy (non-hydrogen) atoms. The Balaban J connectivity index is 1.20. The molecule has 1 saturated heterocycles. The Morgan fingerprint density at radius 1 is 1.03 bits per heavy atom. The highest BCUT2D eigenvalue weighted by Gasteiger charge is 2.32. The fraction of sp³-hybridized carbons (Fsp3) is 0.304. The standard InChI is InChI=1S/C23H25N5O4/c1-2-31-20-10-8-17(9-11-20)21-15-28(26-25-21)18-13-27(14-18)23(30)12-24-22(29)16-32-19-6-4-3-5-7-19/h3-11,15,18H,2,12-14,16H2,1H3,(H,24,29). The monoisotopic (exact) mass is 435 g/mol. The molecule has 9 heteroatoms. The molecule has 2 heterocycles. The van der Waals surface area contributed by atoms with E-state index in [4.69, 9.17) is 9.47 Å². The quantitative estimate of drug-likeness (QED) is 0.551. The van der Waals surface area contributed by atoms with Crippen molar-refractivity contribution in [3.8, 4) is 22.8 Å². The van der Waals surface area contributed by atoms with Crippen molar-refractivity contribution in [1.82, 2.24) is 25.2 Å². The average Bonchev–Trinajstić information content (AvgIpc) is 3.26. The van der Waals surface area contributed by atoms with Gasteiger partial charge in [-0.05, 0) is 43.3 Å². The van der Waals surface area contributed by atoms with Crippen molar-refractivity contribution in [3.63, 3.8) is 0 Å². The van der Waals surface area contributed by atoms with Crippen molar-refractivity contribution in [3.05, 3.63) is 60.8 Å². The average molecular weight is 435 g/mol. The summed E-state index contributed by atoms with van der Waals surface area (Å²) in [7, 11) is 0. The number of nitrogens with one attached hydrogen (secondary N) is 1. The van der Waals surface area contributed by atoms with Gasteiger partial charge in [0.2, 0.25) is 5.91 Å². The number of aromatic nitrogens is 3. The van der Waals surface area contributed by atoms with Gasteiger partial charge in [0.25, 0.3) is 5.91 Å². The van der Waals surface area contributed by atoms with Crippen molar-refractivity contribution in [2.24, 2.45) is 0 Å². The summed E-state index contributed by atoms with van der Waals surface area (Å²) in [5.41, 5.74) is 1.72. The Morgan fingerprint density at radius 2 is 1.75 bits per heavy atom. The van der Waals surface area contributed by atoms with Crippen molar-refractivity contribution in [2.45, 2.75) is 13.0 Å². The summed E-state index contributed by atoms with van der Waals surface area (Å²) in [6, 6.07) is 16.8. The van der Waals surface area contributed by atoms with Crippen molar-refractivity contribution < 1.29 is 19.1 Å². The topological polar surface area (TPSA) is 98.6 Å². The number of carbonyl (C=O) groups excluding carboxylic acids is 2. The number of benzene rings is 2. The van der Waals surface area contributed by atoms with Crippen LogP contribution in [-0.2, 0) is 9.59 Å². The third kappa shape index (κ3) is 5.23. The van der Waals surface area contributed by atoms with E-state index in [0.717, 1.165) is 17.0 Å². The van der Waals surface area contributed by atoms with Gasteiger partial charge in [-0.15, -0.1) is 5.10 Å². The number of hydrogen-bond acceptors (Lipinski definition) is 6. The Bertz CT molecular complexity index is 1050. The van der Waals surface area contributed by atoms with E-state index in [1.54, 1.807) is 21.7 Å². The van der Waals surface area contributed by atoms with E-state index in [1.807, 2.05) is 55.6 Å². The summed E-state index contributed by atoms with van der Waals surface area (Å²) >= 11 is 0. The summed E-state index contributed by atoms with van der Waals surface area (Å²) in [6.45, 7) is 3.44. The van der Waals surface area contributed by atoms with Gasteiger partial charge >= 0.3 is 0 Å². The second kappa shape index (κ2) is 9.95. The van der Waals surface area contributed by atoms with Crippen LogP contribution in [0.25, 0.3) is 11.3 Å². The van der Waals surface area contributed by atoms with E-state index in [1.165, 1.54) is 0 Å². The summed E-state index contributed by atoms with van der Waals surface area (Å²) < 4.78 is 12.6. The van der Waals surface area contributed by atoms with Crippen LogP contribution in [0.4, 0.5) is 0 Å². The number of carbonyl (C=O) groups is 2. The number of ether oxygens (including phenoxy) is 2. The van der Waals surface area contributed by atoms with Crippen molar-refractivity contribution >= 4 is 11.8 Å². The van der Waals surface area contributed by atoms with Crippen LogP contribution in [0.1, 0.15) is 13.0 Å². The maximum absolute atomic E-state index is 12.3. The Morgan fingerprint density at radius 3 is 2.47 bits per heavy atom. The molecule has 0 bridgehead atoms. The van der Waals surface area contributed by atoms with Crippen LogP contribution < -0.4 is 14.8 Å². The van der Waals surface area contributed by atoms with E-state index in [9.17, 15) is 9.59 Å². The highest BCUT2D eigenvalue weighted by molar-refractivity contribution is 5.85. The molecule has 1 aliphatic heterocycles. The number of hydrogen-bond donors (Lipinski definition) is 1. The first-order valence-electron chi connectivity index (χ1n) is 10.5. The van der Waals surface area contributed by atoms with E-state index in [2.05, 4.69) is 15.6 Å². The number of rotatable bonds is 9. The van der Waals surface area contributed by atoms with E-state index >= 15 is 0 Å². The molecule has 0 aliphatic carbocycles. The zero-order valence-electron chi connectivity index (χ0n) is 17.8. The molecule has 9 nitrogen and oxygen atoms in total. The molecule has 0 radical (unpaired) electrons. The zero-order valence-corrected chi connectivity index (χ0v) is 17.8. The number of likely N-dealkylation sites (tertiary alicyclic amines) is 1. The van der Waals surface area contributed by atoms with Gasteiger partial charge in [0, 0.05) is 18.7 Å². The number of amides is 2. The second-order valence-corrected chi connectivity index (χ2v) is 7.37. The van der Waals surface area contributed by atoms with Gasteiger partial charge in [0.1, 0.15) is 17.2 Å². The normalized spacial score (nSPS) is 13.3. The largest absolute Gasteiger partial charge is 0.494 e. The lowest BCUT2D eigenvalue weighted by Crippen LogP contribution is -2.53. The number of nitrogens with zero attached hydrogens (tertiary/aromatic N) is 4. The van der Waals surface area contributed by atoms with Crippen LogP contribution in [0.15, 0.2) is 60.8 Å². The van der Waals surface area contributed by atoms with Crippen LogP contribution in [-0.4, -0.2) is 64.6 Å². The van der Waals surface area contributed by atoms with Crippen molar-refractivity contribution in [2.75, 3.05) is 32.8 Å². The van der Waals surface area contributed by atoms with Crippen LogP contribution in [0.5, 0.6) is 11.5 Å². The van der Waals surface area contributed by atoms with Crippen LogP contribution in [0.2, 0.25) is 0 Å². The minimum Gasteiger partial charge on any atom is -0.494 e. The molecule has 0 unspecified atom stereocenters. The van der Waals surface area contributed by atoms with Crippen LogP contribution in [0.3, 0.4) is 0 Å². The Kier molecular flexibility index (Phi) is 6.64. The first-order chi connectivity index (χ1) is 15.6. The molecule has 166 valence electrons. The molecular formula is C23H25N5O4. The summed E-state index contributed by atoms with van der Waals surface area (Å²) in [5.74, 6) is 0.948. The molecule has 1 aromatic heterocycles. The maximum atomic E-state index is 12.3. The van der Waals surface area contributed by atoms with Crippen molar-refractivity contribution in [1.29, 1.82) is 0 Å². The maximum Gasteiger partial charge on any atom is 0.258 e. The zero-order chi connectivity index (χ0) is 22.3. The fourth-order valence-corrected chi connectivity index (χ4v) is 3.30. The lowest BCUT2D eigenvalue weighted by atomic mass is 10.1. The third-order valence-electron chi connectivity index (χ3n) is 5.11. The SMILES string of the molecule is CCOc1ccc(-c2cn(C3CN(C(=O)CNC(=O)COc4ccccc4)C3)nn2)cc1. The highest BCUT2D eigenvalue weighted by Crippen LogP contribution is 2.24. The molecule has 0 atom stereocenters. The predicted molar refractivity (Wildman–Crippen MR) is 117 cm³/mol.